The first-order valence-electron chi connectivity index (χ1n) is 14.5. The molecular formula is C32H37IN2O7. The lowest BCUT2D eigenvalue weighted by Gasteiger charge is -2.42. The van der Waals surface area contributed by atoms with Crippen molar-refractivity contribution in [3.63, 3.8) is 0 Å². The topological polar surface area (TPSA) is 121 Å². The van der Waals surface area contributed by atoms with Gasteiger partial charge in [-0.05, 0) is 71.7 Å². The summed E-state index contributed by atoms with van der Waals surface area (Å²) in [6.45, 7) is 0.321. The molecule has 0 spiro atoms. The third-order valence-electron chi connectivity index (χ3n) is 8.09. The summed E-state index contributed by atoms with van der Waals surface area (Å²) in [5, 5.41) is 24.5. The van der Waals surface area contributed by atoms with Crippen molar-refractivity contribution in [3.8, 4) is 11.5 Å². The molecule has 3 N–H and O–H groups in total. The molecule has 2 aliphatic carbocycles. The Kier molecular flexibility index (Phi) is 10.1. The molecule has 3 atom stereocenters. The Labute approximate surface area is 259 Å². The molecule has 0 aliphatic heterocycles. The van der Waals surface area contributed by atoms with E-state index in [0.29, 0.717) is 29.2 Å². The highest BCUT2D eigenvalue weighted by molar-refractivity contribution is 14.1. The standard InChI is InChI=1S/C32H37IN2O7/c1-40-26-13-7-10-21-17-28(42-30(21)26)32(39)35(19-20-8-3-2-4-9-20)24-16-22(31(38)34-14-15-36)18-27(29(24)37)41-25-12-6-5-11-23(25)33/h5-7,10-13,17-18,20,24,27,29,36-37H,2-4,8-9,14-16,19H2,1H3,(H,34,38)/t24-,27+,29+/m1/s1. The lowest BCUT2D eigenvalue weighted by atomic mass is 9.85. The van der Waals surface area contributed by atoms with Crippen LogP contribution in [0.25, 0.3) is 11.0 Å². The largest absolute Gasteiger partial charge is 0.493 e. The van der Waals surface area contributed by atoms with Gasteiger partial charge in [0, 0.05) is 30.5 Å². The highest BCUT2D eigenvalue weighted by atomic mass is 127. The van der Waals surface area contributed by atoms with Gasteiger partial charge >= 0.3 is 0 Å². The molecule has 1 fully saturated rings. The number of nitrogens with one attached hydrogen (secondary N) is 1. The third kappa shape index (κ3) is 6.76. The Morgan fingerprint density at radius 3 is 2.60 bits per heavy atom. The Hall–Kier alpha value is -3.09. The van der Waals surface area contributed by atoms with Crippen molar-refractivity contribution in [2.24, 2.45) is 5.92 Å². The summed E-state index contributed by atoms with van der Waals surface area (Å²) in [5.41, 5.74) is 0.872. The van der Waals surface area contributed by atoms with Crippen molar-refractivity contribution in [1.82, 2.24) is 10.2 Å². The van der Waals surface area contributed by atoms with E-state index >= 15 is 0 Å². The predicted molar refractivity (Wildman–Crippen MR) is 167 cm³/mol. The highest BCUT2D eigenvalue weighted by Gasteiger charge is 2.42. The fourth-order valence-corrected chi connectivity index (χ4v) is 6.44. The van der Waals surface area contributed by atoms with Gasteiger partial charge in [0.1, 0.15) is 18.0 Å². The first kappa shape index (κ1) is 30.4. The van der Waals surface area contributed by atoms with Crippen molar-refractivity contribution >= 4 is 45.4 Å². The van der Waals surface area contributed by atoms with Crippen LogP contribution in [0.5, 0.6) is 11.5 Å². The predicted octanol–water partition coefficient (Wildman–Crippen LogP) is 4.68. The maximum absolute atomic E-state index is 14.3. The van der Waals surface area contributed by atoms with Gasteiger partial charge in [-0.15, -0.1) is 0 Å². The van der Waals surface area contributed by atoms with Crippen LogP contribution in [-0.4, -0.2) is 72.0 Å². The van der Waals surface area contributed by atoms with Gasteiger partial charge in [0.05, 0.1) is 23.3 Å². The number of aliphatic hydroxyl groups excluding tert-OH is 2. The number of hydrogen-bond donors (Lipinski definition) is 3. The van der Waals surface area contributed by atoms with Crippen LogP contribution in [0, 0.1) is 9.49 Å². The number of carbonyl (C=O) groups excluding carboxylic acids is 2. The molecule has 0 bridgehead atoms. The molecule has 0 radical (unpaired) electrons. The molecule has 0 unspecified atom stereocenters. The first-order valence-corrected chi connectivity index (χ1v) is 15.5. The molecule has 2 aliphatic rings. The minimum absolute atomic E-state index is 0.0943. The van der Waals surface area contributed by atoms with E-state index in [4.69, 9.17) is 13.9 Å². The van der Waals surface area contributed by atoms with E-state index in [1.165, 1.54) is 6.42 Å². The number of methoxy groups -OCH3 is 1. The summed E-state index contributed by atoms with van der Waals surface area (Å²) in [7, 11) is 1.55. The number of para-hydroxylation sites is 2. The summed E-state index contributed by atoms with van der Waals surface area (Å²) in [6, 6.07) is 13.9. The SMILES string of the molecule is COc1cccc2cc(C(=O)N(CC3CCCCC3)[C@@H]3CC(C(=O)NCCO)=C[C@H](Oc4ccccc4I)[C@H]3O)oc12. The van der Waals surface area contributed by atoms with Gasteiger partial charge in [-0.1, -0.05) is 43.5 Å². The average Bonchev–Trinajstić information content (AvgIpc) is 3.46. The number of halogens is 1. The van der Waals surface area contributed by atoms with Gasteiger partial charge in [-0.3, -0.25) is 9.59 Å². The summed E-state index contributed by atoms with van der Waals surface area (Å²) in [5.74, 6) is 0.793. The number of fused-ring (bicyclic) bond motifs is 1. The van der Waals surface area contributed by atoms with Crippen LogP contribution >= 0.6 is 22.6 Å². The Morgan fingerprint density at radius 1 is 1.10 bits per heavy atom. The Morgan fingerprint density at radius 2 is 1.86 bits per heavy atom. The zero-order valence-electron chi connectivity index (χ0n) is 23.6. The molecule has 3 aromatic rings. The van der Waals surface area contributed by atoms with Crippen LogP contribution in [0.1, 0.15) is 49.1 Å². The number of amides is 2. The molecule has 2 aromatic carbocycles. The molecule has 42 heavy (non-hydrogen) atoms. The molecule has 224 valence electrons. The zero-order valence-corrected chi connectivity index (χ0v) is 25.8. The van der Waals surface area contributed by atoms with Gasteiger partial charge in [0.15, 0.2) is 17.1 Å². The summed E-state index contributed by atoms with van der Waals surface area (Å²) < 4.78 is 18.6. The maximum Gasteiger partial charge on any atom is 0.289 e. The van der Waals surface area contributed by atoms with Crippen LogP contribution in [0.4, 0.5) is 0 Å². The number of ether oxygens (including phenoxy) is 2. The zero-order chi connectivity index (χ0) is 29.6. The average molecular weight is 689 g/mol. The summed E-state index contributed by atoms with van der Waals surface area (Å²) in [4.78, 5) is 29.1. The number of carbonyl (C=O) groups is 2. The van der Waals surface area contributed by atoms with Crippen molar-refractivity contribution < 1.29 is 33.7 Å². The molecule has 1 aromatic heterocycles. The van der Waals surface area contributed by atoms with Gasteiger partial charge in [-0.2, -0.15) is 0 Å². The monoisotopic (exact) mass is 688 g/mol. The van der Waals surface area contributed by atoms with E-state index in [1.807, 2.05) is 36.4 Å². The molecule has 2 amide bonds. The first-order chi connectivity index (χ1) is 20.4. The van der Waals surface area contributed by atoms with Crippen molar-refractivity contribution in [2.75, 3.05) is 26.8 Å². The summed E-state index contributed by atoms with van der Waals surface area (Å²) >= 11 is 2.16. The van der Waals surface area contributed by atoms with Gasteiger partial charge < -0.3 is 34.3 Å². The molecule has 5 rings (SSSR count). The van der Waals surface area contributed by atoms with Crippen molar-refractivity contribution in [2.45, 2.75) is 56.8 Å². The van der Waals surface area contributed by atoms with E-state index < -0.39 is 18.2 Å². The number of aliphatic hydroxyl groups is 2. The minimum atomic E-state index is -1.11. The summed E-state index contributed by atoms with van der Waals surface area (Å²) in [6.07, 6.45) is 5.10. The smallest absolute Gasteiger partial charge is 0.289 e. The molecular weight excluding hydrogens is 651 g/mol. The number of rotatable bonds is 10. The van der Waals surface area contributed by atoms with Crippen molar-refractivity contribution in [3.05, 3.63) is 69.5 Å². The van der Waals surface area contributed by atoms with E-state index in [2.05, 4.69) is 27.9 Å². The van der Waals surface area contributed by atoms with Gasteiger partial charge in [0.2, 0.25) is 5.91 Å². The lowest BCUT2D eigenvalue weighted by Crippen LogP contribution is -2.56. The van der Waals surface area contributed by atoms with Crippen LogP contribution < -0.4 is 14.8 Å². The Bertz CT molecular complexity index is 1430. The van der Waals surface area contributed by atoms with E-state index in [1.54, 1.807) is 30.2 Å². The van der Waals surface area contributed by atoms with Crippen LogP contribution in [0.3, 0.4) is 0 Å². The van der Waals surface area contributed by atoms with E-state index in [9.17, 15) is 19.8 Å². The van der Waals surface area contributed by atoms with E-state index in [-0.39, 0.29) is 43.1 Å². The van der Waals surface area contributed by atoms with Crippen molar-refractivity contribution in [1.29, 1.82) is 0 Å². The Balaban J connectivity index is 1.52. The van der Waals surface area contributed by atoms with Gasteiger partial charge in [-0.25, -0.2) is 0 Å². The van der Waals surface area contributed by atoms with Crippen LogP contribution in [-0.2, 0) is 4.79 Å². The maximum atomic E-state index is 14.3. The lowest BCUT2D eigenvalue weighted by molar-refractivity contribution is -0.118. The number of furan rings is 1. The molecule has 9 nitrogen and oxygen atoms in total. The molecule has 10 heteroatoms. The van der Waals surface area contributed by atoms with Crippen LogP contribution in [0.2, 0.25) is 0 Å². The number of benzene rings is 2. The second kappa shape index (κ2) is 13.9. The highest BCUT2D eigenvalue weighted by Crippen LogP contribution is 2.34. The van der Waals surface area contributed by atoms with Crippen LogP contribution in [0.15, 0.2) is 64.6 Å². The van der Waals surface area contributed by atoms with Gasteiger partial charge in [0.25, 0.3) is 5.91 Å². The number of nitrogens with zero attached hydrogens (tertiary/aromatic N) is 1. The fourth-order valence-electron chi connectivity index (χ4n) is 5.93. The second-order valence-electron chi connectivity index (χ2n) is 10.9. The second-order valence-corrected chi connectivity index (χ2v) is 12.1. The molecule has 1 saturated carbocycles. The molecule has 1 heterocycles. The molecule has 0 saturated heterocycles. The third-order valence-corrected chi connectivity index (χ3v) is 8.98. The normalized spacial score (nSPS) is 21.0. The fraction of sp³-hybridized carbons (Fsp3) is 0.438. The van der Waals surface area contributed by atoms with E-state index in [0.717, 1.165) is 34.6 Å². The minimum Gasteiger partial charge on any atom is -0.493 e. The quantitative estimate of drug-likeness (QED) is 0.265. The number of hydrogen-bond acceptors (Lipinski definition) is 7.